The van der Waals surface area contributed by atoms with Gasteiger partial charge in [-0.05, 0) is 72.5 Å². The Bertz CT molecular complexity index is 1780. The standard InChI is InChI=1S/C32H26F3N3O4/c1-19(23-6-5-7-25(16-23)42-32(33,34)35)36-30(39)24-14-15-28-29(17-24)38(20(2)37-28)18-21-10-12-22(13-11-21)26-8-3-4-9-27(26)31(40)41/h3-17,19H,18H2,1-2H3,(H,36,39)(H,40,41)/t19-/m0/s1. The number of carbonyl (C=O) groups excluding carboxylic acids is 1. The van der Waals surface area contributed by atoms with Crippen LogP contribution in [0.2, 0.25) is 0 Å². The number of hydrogen-bond donors (Lipinski definition) is 2. The van der Waals surface area contributed by atoms with Crippen molar-refractivity contribution in [1.29, 1.82) is 0 Å². The highest BCUT2D eigenvalue weighted by atomic mass is 19.4. The van der Waals surface area contributed by atoms with E-state index in [4.69, 9.17) is 0 Å². The zero-order valence-corrected chi connectivity index (χ0v) is 22.6. The van der Waals surface area contributed by atoms with E-state index in [1.165, 1.54) is 18.2 Å². The maximum Gasteiger partial charge on any atom is 0.573 e. The van der Waals surface area contributed by atoms with Crippen LogP contribution >= 0.6 is 0 Å². The molecule has 0 saturated carbocycles. The van der Waals surface area contributed by atoms with Gasteiger partial charge in [-0.1, -0.05) is 54.6 Å². The van der Waals surface area contributed by atoms with Crippen LogP contribution in [0.25, 0.3) is 22.2 Å². The number of amides is 1. The first-order valence-electron chi connectivity index (χ1n) is 13.0. The van der Waals surface area contributed by atoms with Crippen LogP contribution in [0.5, 0.6) is 5.75 Å². The van der Waals surface area contributed by atoms with Crippen molar-refractivity contribution >= 4 is 22.9 Å². The van der Waals surface area contributed by atoms with Gasteiger partial charge in [0.25, 0.3) is 5.91 Å². The zero-order valence-electron chi connectivity index (χ0n) is 22.6. The van der Waals surface area contributed by atoms with Crippen LogP contribution in [0.4, 0.5) is 13.2 Å². The predicted octanol–water partition coefficient (Wildman–Crippen LogP) is 7.15. The number of aromatic nitrogens is 2. The average Bonchev–Trinajstić information content (AvgIpc) is 3.26. The Morgan fingerprint density at radius 2 is 1.71 bits per heavy atom. The molecule has 0 bridgehead atoms. The molecule has 0 unspecified atom stereocenters. The third-order valence-corrected chi connectivity index (χ3v) is 6.90. The van der Waals surface area contributed by atoms with Gasteiger partial charge in [0, 0.05) is 12.1 Å². The number of ether oxygens (including phenoxy) is 1. The van der Waals surface area contributed by atoms with Gasteiger partial charge in [0.2, 0.25) is 0 Å². The maximum atomic E-state index is 13.1. The van der Waals surface area contributed by atoms with Gasteiger partial charge in [0.15, 0.2) is 0 Å². The van der Waals surface area contributed by atoms with Crippen LogP contribution in [0, 0.1) is 6.92 Å². The molecule has 214 valence electrons. The fourth-order valence-electron chi connectivity index (χ4n) is 4.82. The van der Waals surface area contributed by atoms with E-state index in [0.717, 1.165) is 22.5 Å². The van der Waals surface area contributed by atoms with Crippen molar-refractivity contribution in [3.05, 3.63) is 119 Å². The molecular weight excluding hydrogens is 547 g/mol. The Hall–Kier alpha value is -5.12. The van der Waals surface area contributed by atoms with E-state index >= 15 is 0 Å². The number of halogens is 3. The Morgan fingerprint density at radius 3 is 2.43 bits per heavy atom. The first-order chi connectivity index (χ1) is 20.0. The minimum absolute atomic E-state index is 0.226. The van der Waals surface area contributed by atoms with Gasteiger partial charge in [-0.3, -0.25) is 4.79 Å². The highest BCUT2D eigenvalue weighted by Crippen LogP contribution is 2.27. The second-order valence-corrected chi connectivity index (χ2v) is 9.81. The number of fused-ring (bicyclic) bond motifs is 1. The summed E-state index contributed by atoms with van der Waals surface area (Å²) >= 11 is 0. The summed E-state index contributed by atoms with van der Waals surface area (Å²) in [6.45, 7) is 4.02. The molecule has 0 radical (unpaired) electrons. The molecular formula is C32H26F3N3O4. The minimum atomic E-state index is -4.81. The monoisotopic (exact) mass is 573 g/mol. The van der Waals surface area contributed by atoms with Gasteiger partial charge in [-0.25, -0.2) is 9.78 Å². The Labute approximate surface area is 239 Å². The largest absolute Gasteiger partial charge is 0.573 e. The van der Waals surface area contributed by atoms with Gasteiger partial charge < -0.3 is 19.7 Å². The second kappa shape index (κ2) is 11.4. The Kier molecular flexibility index (Phi) is 7.71. The van der Waals surface area contributed by atoms with Crippen LogP contribution in [0.15, 0.2) is 91.0 Å². The molecule has 2 N–H and O–H groups in total. The molecule has 0 aliphatic heterocycles. The van der Waals surface area contributed by atoms with Crippen molar-refractivity contribution in [2.24, 2.45) is 0 Å². The lowest BCUT2D eigenvalue weighted by atomic mass is 9.99. The number of benzene rings is 4. The number of carboxylic acids is 1. The smallest absolute Gasteiger partial charge is 0.478 e. The Morgan fingerprint density at radius 1 is 0.976 bits per heavy atom. The number of alkyl halides is 3. The van der Waals surface area contributed by atoms with Gasteiger partial charge >= 0.3 is 12.3 Å². The molecule has 1 aromatic heterocycles. The SMILES string of the molecule is Cc1nc2ccc(C(=O)N[C@@H](C)c3cccc(OC(F)(F)F)c3)cc2n1Cc1ccc(-c2ccccc2C(=O)O)cc1. The highest BCUT2D eigenvalue weighted by Gasteiger charge is 2.31. The third kappa shape index (κ3) is 6.27. The summed E-state index contributed by atoms with van der Waals surface area (Å²) in [6.07, 6.45) is -4.81. The van der Waals surface area contributed by atoms with E-state index in [2.05, 4.69) is 15.0 Å². The number of carboxylic acid groups (broad SMARTS) is 1. The molecule has 0 spiro atoms. The van der Waals surface area contributed by atoms with Crippen molar-refractivity contribution in [1.82, 2.24) is 14.9 Å². The average molecular weight is 574 g/mol. The molecule has 42 heavy (non-hydrogen) atoms. The maximum absolute atomic E-state index is 13.1. The van der Waals surface area contributed by atoms with E-state index in [-0.39, 0.29) is 11.3 Å². The molecule has 10 heteroatoms. The molecule has 0 aliphatic carbocycles. The van der Waals surface area contributed by atoms with Crippen LogP contribution in [0.3, 0.4) is 0 Å². The number of hydrogen-bond acceptors (Lipinski definition) is 4. The normalized spacial score (nSPS) is 12.2. The lowest BCUT2D eigenvalue weighted by Gasteiger charge is -2.16. The highest BCUT2D eigenvalue weighted by molar-refractivity contribution is 5.98. The third-order valence-electron chi connectivity index (χ3n) is 6.90. The molecule has 5 rings (SSSR count). The summed E-state index contributed by atoms with van der Waals surface area (Å²) in [5.41, 5.74) is 4.88. The first kappa shape index (κ1) is 28.4. The summed E-state index contributed by atoms with van der Waals surface area (Å²) in [4.78, 5) is 29.3. The first-order valence-corrected chi connectivity index (χ1v) is 13.0. The molecule has 1 heterocycles. The number of nitrogens with one attached hydrogen (secondary N) is 1. The van der Waals surface area contributed by atoms with Gasteiger partial charge in [-0.2, -0.15) is 0 Å². The zero-order chi connectivity index (χ0) is 30.0. The quantitative estimate of drug-likeness (QED) is 0.206. The molecule has 1 atom stereocenters. The summed E-state index contributed by atoms with van der Waals surface area (Å²) in [6, 6.07) is 24.5. The molecule has 7 nitrogen and oxygen atoms in total. The number of imidazole rings is 1. The van der Waals surface area contributed by atoms with Gasteiger partial charge in [0.1, 0.15) is 11.6 Å². The van der Waals surface area contributed by atoms with E-state index in [9.17, 15) is 27.9 Å². The lowest BCUT2D eigenvalue weighted by Crippen LogP contribution is -2.26. The Balaban J connectivity index is 1.35. The summed E-state index contributed by atoms with van der Waals surface area (Å²) < 4.78 is 43.8. The number of aryl methyl sites for hydroxylation is 1. The molecule has 4 aromatic carbocycles. The van der Waals surface area contributed by atoms with Crippen molar-refractivity contribution in [2.75, 3.05) is 0 Å². The van der Waals surface area contributed by atoms with Crippen molar-refractivity contribution in [3.8, 4) is 16.9 Å². The van der Waals surface area contributed by atoms with Crippen molar-refractivity contribution < 1.29 is 32.6 Å². The fraction of sp³-hybridized carbons (Fsp3) is 0.156. The van der Waals surface area contributed by atoms with E-state index in [1.807, 2.05) is 35.8 Å². The van der Waals surface area contributed by atoms with E-state index in [0.29, 0.717) is 28.8 Å². The van der Waals surface area contributed by atoms with Crippen LogP contribution < -0.4 is 10.1 Å². The summed E-state index contributed by atoms with van der Waals surface area (Å²) in [7, 11) is 0. The van der Waals surface area contributed by atoms with E-state index in [1.54, 1.807) is 55.5 Å². The van der Waals surface area contributed by atoms with Gasteiger partial charge in [0.05, 0.1) is 22.6 Å². The fourth-order valence-corrected chi connectivity index (χ4v) is 4.82. The molecule has 0 aliphatic rings. The summed E-state index contributed by atoms with van der Waals surface area (Å²) in [5, 5.41) is 12.3. The molecule has 0 saturated heterocycles. The van der Waals surface area contributed by atoms with Crippen molar-refractivity contribution in [3.63, 3.8) is 0 Å². The molecule has 5 aromatic rings. The number of nitrogens with zero attached hydrogens (tertiary/aromatic N) is 2. The lowest BCUT2D eigenvalue weighted by molar-refractivity contribution is -0.274. The molecule has 1 amide bonds. The number of rotatable bonds is 8. The number of aromatic carboxylic acids is 1. The topological polar surface area (TPSA) is 93.5 Å². The second-order valence-electron chi connectivity index (χ2n) is 9.81. The van der Waals surface area contributed by atoms with Crippen molar-refractivity contribution in [2.45, 2.75) is 32.8 Å². The van der Waals surface area contributed by atoms with Crippen LogP contribution in [-0.2, 0) is 6.54 Å². The van der Waals surface area contributed by atoms with Gasteiger partial charge in [-0.15, -0.1) is 13.2 Å². The van der Waals surface area contributed by atoms with Crippen LogP contribution in [0.1, 0.15) is 50.6 Å². The minimum Gasteiger partial charge on any atom is -0.478 e. The molecule has 0 fully saturated rings. The number of carbonyl (C=O) groups is 2. The predicted molar refractivity (Wildman–Crippen MR) is 151 cm³/mol. The van der Waals surface area contributed by atoms with Crippen LogP contribution in [-0.4, -0.2) is 32.9 Å². The van der Waals surface area contributed by atoms with E-state index < -0.39 is 24.3 Å². The summed E-state index contributed by atoms with van der Waals surface area (Å²) in [5.74, 6) is -0.995.